The molecular weight excluding hydrogens is 262 g/mol. The van der Waals surface area contributed by atoms with Gasteiger partial charge in [-0.1, -0.05) is 6.08 Å². The molecule has 3 rings (SSSR count). The number of aromatic nitrogens is 1. The molecule has 0 atom stereocenters. The standard InChI is InChI=1S/C15H12F2N2O/c16-12-8-14(20)13(17)7-10(12)6-9-3-5-19-15-11(9)2-1-4-18-15/h1-4,7-8,20H,5-6H2,(H,18,19). The van der Waals surface area contributed by atoms with Crippen molar-refractivity contribution in [3.05, 3.63) is 59.3 Å². The maximum atomic E-state index is 13.8. The minimum atomic E-state index is -0.817. The second-order valence-electron chi connectivity index (χ2n) is 4.58. The molecule has 0 fully saturated rings. The number of fused-ring (bicyclic) bond motifs is 1. The second-order valence-corrected chi connectivity index (χ2v) is 4.58. The molecule has 1 aromatic heterocycles. The zero-order valence-corrected chi connectivity index (χ0v) is 10.5. The van der Waals surface area contributed by atoms with Gasteiger partial charge < -0.3 is 10.4 Å². The first-order chi connectivity index (χ1) is 9.65. The van der Waals surface area contributed by atoms with Gasteiger partial charge in [-0.3, -0.25) is 0 Å². The maximum Gasteiger partial charge on any atom is 0.165 e. The van der Waals surface area contributed by atoms with Gasteiger partial charge >= 0.3 is 0 Å². The fourth-order valence-electron chi connectivity index (χ4n) is 2.27. The number of phenolic OH excluding ortho intramolecular Hbond substituents is 1. The van der Waals surface area contributed by atoms with Crippen LogP contribution in [-0.2, 0) is 6.42 Å². The Bertz CT molecular complexity index is 698. The highest BCUT2D eigenvalue weighted by Crippen LogP contribution is 2.30. The first kappa shape index (κ1) is 12.6. The smallest absolute Gasteiger partial charge is 0.165 e. The van der Waals surface area contributed by atoms with E-state index in [1.54, 1.807) is 12.3 Å². The lowest BCUT2D eigenvalue weighted by molar-refractivity contribution is 0.425. The number of rotatable bonds is 2. The van der Waals surface area contributed by atoms with Crippen LogP contribution in [0.3, 0.4) is 0 Å². The number of nitrogens with one attached hydrogen (secondary N) is 1. The van der Waals surface area contributed by atoms with Crippen LogP contribution >= 0.6 is 0 Å². The number of nitrogens with zero attached hydrogens (tertiary/aromatic N) is 1. The van der Waals surface area contributed by atoms with Crippen LogP contribution in [0.15, 0.2) is 36.5 Å². The summed E-state index contributed by atoms with van der Waals surface area (Å²) in [5.74, 6) is -1.37. The van der Waals surface area contributed by atoms with Crippen molar-refractivity contribution in [3.8, 4) is 5.75 Å². The summed E-state index contributed by atoms with van der Waals surface area (Å²) in [5, 5.41) is 12.3. The van der Waals surface area contributed by atoms with Crippen molar-refractivity contribution in [1.82, 2.24) is 4.98 Å². The van der Waals surface area contributed by atoms with Crippen LogP contribution in [0.5, 0.6) is 5.75 Å². The molecule has 0 radical (unpaired) electrons. The van der Waals surface area contributed by atoms with Gasteiger partial charge in [0.15, 0.2) is 11.6 Å². The molecule has 0 unspecified atom stereocenters. The molecule has 2 N–H and O–H groups in total. The molecule has 1 aliphatic heterocycles. The van der Waals surface area contributed by atoms with Gasteiger partial charge in [-0.2, -0.15) is 0 Å². The largest absolute Gasteiger partial charge is 0.505 e. The van der Waals surface area contributed by atoms with Crippen molar-refractivity contribution >= 4 is 11.4 Å². The van der Waals surface area contributed by atoms with Gasteiger partial charge in [-0.15, -0.1) is 0 Å². The van der Waals surface area contributed by atoms with E-state index in [-0.39, 0.29) is 12.0 Å². The van der Waals surface area contributed by atoms with Gasteiger partial charge in [0.05, 0.1) is 0 Å². The molecule has 0 saturated heterocycles. The van der Waals surface area contributed by atoms with Gasteiger partial charge in [-0.25, -0.2) is 13.8 Å². The van der Waals surface area contributed by atoms with E-state index in [0.717, 1.165) is 29.1 Å². The number of anilines is 1. The van der Waals surface area contributed by atoms with Gasteiger partial charge in [0.25, 0.3) is 0 Å². The predicted octanol–water partition coefficient (Wildman–Crippen LogP) is 3.12. The Morgan fingerprint density at radius 2 is 2.10 bits per heavy atom. The molecule has 0 spiro atoms. The summed E-state index contributed by atoms with van der Waals surface area (Å²) in [7, 11) is 0. The Balaban J connectivity index is 1.96. The van der Waals surface area contributed by atoms with Crippen LogP contribution in [0.4, 0.5) is 14.6 Å². The third kappa shape index (κ3) is 2.22. The Hall–Kier alpha value is -2.43. The van der Waals surface area contributed by atoms with Crippen molar-refractivity contribution in [2.45, 2.75) is 6.42 Å². The normalized spacial score (nSPS) is 13.4. The molecular formula is C15H12F2N2O. The lowest BCUT2D eigenvalue weighted by atomic mass is 9.96. The van der Waals surface area contributed by atoms with E-state index in [0.29, 0.717) is 6.54 Å². The van der Waals surface area contributed by atoms with Crippen molar-refractivity contribution < 1.29 is 13.9 Å². The summed E-state index contributed by atoms with van der Waals surface area (Å²) < 4.78 is 27.1. The number of hydrogen-bond donors (Lipinski definition) is 2. The minimum absolute atomic E-state index is 0.211. The Kier molecular flexibility index (Phi) is 3.10. The van der Waals surface area contributed by atoms with Gasteiger partial charge in [-0.05, 0) is 29.3 Å². The molecule has 20 heavy (non-hydrogen) atoms. The first-order valence-electron chi connectivity index (χ1n) is 6.20. The fourth-order valence-corrected chi connectivity index (χ4v) is 2.27. The van der Waals surface area contributed by atoms with Crippen LogP contribution < -0.4 is 5.32 Å². The average Bonchev–Trinajstić information content (AvgIpc) is 2.45. The summed E-state index contributed by atoms with van der Waals surface area (Å²) >= 11 is 0. The molecule has 0 aliphatic carbocycles. The van der Waals surface area contributed by atoms with Crippen molar-refractivity contribution in [2.24, 2.45) is 0 Å². The Labute approximate surface area is 114 Å². The molecule has 5 heteroatoms. The third-order valence-corrected chi connectivity index (χ3v) is 3.27. The highest BCUT2D eigenvalue weighted by atomic mass is 19.1. The summed E-state index contributed by atoms with van der Waals surface area (Å²) in [6, 6.07) is 5.52. The zero-order chi connectivity index (χ0) is 14.1. The van der Waals surface area contributed by atoms with E-state index in [1.807, 2.05) is 12.1 Å². The number of benzene rings is 1. The molecule has 1 aliphatic rings. The maximum absolute atomic E-state index is 13.8. The van der Waals surface area contributed by atoms with E-state index >= 15 is 0 Å². The topological polar surface area (TPSA) is 45.1 Å². The molecule has 0 bridgehead atoms. The lowest BCUT2D eigenvalue weighted by Crippen LogP contribution is -2.11. The highest BCUT2D eigenvalue weighted by molar-refractivity contribution is 5.78. The van der Waals surface area contributed by atoms with Crippen LogP contribution in [0.1, 0.15) is 11.1 Å². The minimum Gasteiger partial charge on any atom is -0.505 e. The van der Waals surface area contributed by atoms with Crippen molar-refractivity contribution in [1.29, 1.82) is 0 Å². The molecule has 3 nitrogen and oxygen atoms in total. The highest BCUT2D eigenvalue weighted by Gasteiger charge is 2.16. The first-order valence-corrected chi connectivity index (χ1v) is 6.20. The zero-order valence-electron chi connectivity index (χ0n) is 10.5. The quantitative estimate of drug-likeness (QED) is 0.884. The monoisotopic (exact) mass is 274 g/mol. The molecule has 2 aromatic rings. The van der Waals surface area contributed by atoms with Crippen molar-refractivity contribution in [2.75, 3.05) is 11.9 Å². The number of hydrogen-bond acceptors (Lipinski definition) is 3. The number of phenols is 1. The van der Waals surface area contributed by atoms with Crippen LogP contribution in [0.2, 0.25) is 0 Å². The SMILES string of the molecule is Oc1cc(F)c(CC2=CCNc3ncccc32)cc1F. The summed E-state index contributed by atoms with van der Waals surface area (Å²) in [6.45, 7) is 0.599. The number of pyridine rings is 1. The predicted molar refractivity (Wildman–Crippen MR) is 72.4 cm³/mol. The second kappa shape index (κ2) is 4.92. The van der Waals surface area contributed by atoms with Gasteiger partial charge in [0.1, 0.15) is 11.6 Å². The van der Waals surface area contributed by atoms with E-state index in [4.69, 9.17) is 5.11 Å². The van der Waals surface area contributed by atoms with Crippen LogP contribution in [0.25, 0.3) is 5.57 Å². The third-order valence-electron chi connectivity index (χ3n) is 3.27. The number of aromatic hydroxyl groups is 1. The Morgan fingerprint density at radius 3 is 2.95 bits per heavy atom. The van der Waals surface area contributed by atoms with Crippen LogP contribution in [0, 0.1) is 11.6 Å². The molecule has 1 aromatic carbocycles. The van der Waals surface area contributed by atoms with E-state index in [2.05, 4.69) is 10.3 Å². The average molecular weight is 274 g/mol. The van der Waals surface area contributed by atoms with Gasteiger partial charge in [0.2, 0.25) is 0 Å². The van der Waals surface area contributed by atoms with Crippen LogP contribution in [-0.4, -0.2) is 16.6 Å². The Morgan fingerprint density at radius 1 is 1.25 bits per heavy atom. The van der Waals surface area contributed by atoms with E-state index in [9.17, 15) is 8.78 Å². The number of allylic oxidation sites excluding steroid dienone is 1. The summed E-state index contributed by atoms with van der Waals surface area (Å²) in [5.41, 5.74) is 1.98. The number of halogens is 2. The molecule has 102 valence electrons. The summed E-state index contributed by atoms with van der Waals surface area (Å²) in [4.78, 5) is 4.21. The van der Waals surface area contributed by atoms with Crippen molar-refractivity contribution in [3.63, 3.8) is 0 Å². The molecule has 0 saturated carbocycles. The fraction of sp³-hybridized carbons (Fsp3) is 0.133. The van der Waals surface area contributed by atoms with E-state index in [1.165, 1.54) is 0 Å². The molecule has 0 amide bonds. The van der Waals surface area contributed by atoms with E-state index < -0.39 is 17.4 Å². The summed E-state index contributed by atoms with van der Waals surface area (Å²) in [6.07, 6.45) is 3.85. The van der Waals surface area contributed by atoms with Gasteiger partial charge in [0, 0.05) is 30.8 Å². The lowest BCUT2D eigenvalue weighted by Gasteiger charge is -2.18. The molecule has 2 heterocycles.